The second kappa shape index (κ2) is 32.1. The number of hydrogen-bond acceptors (Lipinski definition) is 12. The van der Waals surface area contributed by atoms with Crippen LogP contribution in [0.5, 0.6) is 0 Å². The van der Waals surface area contributed by atoms with Gasteiger partial charge in [-0.05, 0) is 101 Å². The van der Waals surface area contributed by atoms with Crippen LogP contribution in [0.2, 0.25) is 0 Å². The minimum absolute atomic E-state index is 0.0387. The number of carboxylic acids is 1. The number of aliphatic carboxylic acids is 1. The summed E-state index contributed by atoms with van der Waals surface area (Å²) in [5.41, 5.74) is 7.36. The lowest BCUT2D eigenvalue weighted by atomic mass is 9.89. The van der Waals surface area contributed by atoms with Crippen molar-refractivity contribution >= 4 is 52.3 Å². The van der Waals surface area contributed by atoms with Crippen molar-refractivity contribution in [3.8, 4) is 0 Å². The van der Waals surface area contributed by atoms with E-state index in [0.717, 1.165) is 42.1 Å². The van der Waals surface area contributed by atoms with Crippen molar-refractivity contribution in [3.63, 3.8) is 0 Å². The molecule has 2 aliphatic heterocycles. The molecular formula is C57H95N9O11. The van der Waals surface area contributed by atoms with Crippen molar-refractivity contribution in [2.45, 2.75) is 187 Å². The maximum absolute atomic E-state index is 14.7. The van der Waals surface area contributed by atoms with Gasteiger partial charge in [-0.2, -0.15) is 0 Å². The first-order chi connectivity index (χ1) is 36.7. The topological polar surface area (TPSA) is 258 Å². The Morgan fingerprint density at radius 3 is 2.25 bits per heavy atom. The van der Waals surface area contributed by atoms with E-state index >= 15 is 0 Å². The number of hydroxylamine groups is 2. The summed E-state index contributed by atoms with van der Waals surface area (Å²) in [6, 6.07) is 3.64. The highest BCUT2D eigenvalue weighted by molar-refractivity contribution is 5.91. The van der Waals surface area contributed by atoms with Crippen molar-refractivity contribution in [2.24, 2.45) is 29.4 Å². The molecule has 6 amide bonds. The third-order valence-electron chi connectivity index (χ3n) is 15.8. The van der Waals surface area contributed by atoms with Gasteiger partial charge in [0.05, 0.1) is 49.3 Å². The molecule has 2 unspecified atom stereocenters. The molecule has 0 aliphatic carbocycles. The molecule has 434 valence electrons. The van der Waals surface area contributed by atoms with Crippen LogP contribution >= 0.6 is 0 Å². The van der Waals surface area contributed by atoms with Crippen LogP contribution in [0.3, 0.4) is 0 Å². The molecule has 0 spiro atoms. The van der Waals surface area contributed by atoms with Crippen LogP contribution in [0.25, 0.3) is 10.9 Å². The van der Waals surface area contributed by atoms with Gasteiger partial charge in [0.15, 0.2) is 0 Å². The van der Waals surface area contributed by atoms with Crippen LogP contribution in [0.1, 0.15) is 138 Å². The fourth-order valence-corrected chi connectivity index (χ4v) is 11.1. The van der Waals surface area contributed by atoms with E-state index in [-0.39, 0.29) is 66.0 Å². The standard InChI is InChI=1S/C57H95N9O11/c1-12-38(6)51(64(9)56(72)49(36(2)3)62-54(70)50(37(4)5)63(8)29-19-13-14-27-47(67)59-28-18-17-24-42(58)57(73)74)46(75-10)34-48(68)65-30-22-26-45(65)52(76-11)39(7)53(69)61-44(55(71)66-31-20-21-32-77-66)33-40-35-60-43-25-16-15-23-41(40)43/h15-16,23,25,35-39,42,44-46,49-52,60H,12-14,17-22,24,26-34,58H2,1-11H3,(H,59,67)(H,61,69)(H,62,70)(H,73,74)/t38-,39+,42-,44-,45-,46+,49?,50-,51?,52+/m0/s1. The smallest absolute Gasteiger partial charge is 0.320 e. The quantitative estimate of drug-likeness (QED) is 0.0514. The minimum Gasteiger partial charge on any atom is -0.480 e. The van der Waals surface area contributed by atoms with Crippen molar-refractivity contribution in [2.75, 3.05) is 61.1 Å². The maximum atomic E-state index is 14.7. The van der Waals surface area contributed by atoms with Gasteiger partial charge in [-0.15, -0.1) is 0 Å². The fourth-order valence-electron chi connectivity index (χ4n) is 11.1. The number of rotatable bonds is 33. The molecule has 2 fully saturated rings. The molecule has 1 aromatic heterocycles. The van der Waals surface area contributed by atoms with Gasteiger partial charge in [-0.1, -0.05) is 79.5 Å². The number of ether oxygens (including phenoxy) is 2. The SMILES string of the molecule is CC[C@H](C)C([C@@H](CC(=O)N1CCC[C@H]1[C@H](OC)[C@@H](C)C(=O)N[C@@H](Cc1c[nH]c2ccccc12)C(=O)N1CCCCO1)OC)N(C)C(=O)C(NC(=O)[C@H](C(C)C)N(C)CCCCCC(=O)NCCCC[C@H](N)C(=O)O)C(C)C. The number of amides is 6. The Kier molecular flexibility index (Phi) is 26.8. The van der Waals surface area contributed by atoms with Gasteiger partial charge >= 0.3 is 5.97 Å². The lowest BCUT2D eigenvalue weighted by Crippen LogP contribution is -2.60. The van der Waals surface area contributed by atoms with E-state index in [4.69, 9.17) is 25.2 Å². The number of carbonyl (C=O) groups is 7. The number of H-pyrrole nitrogens is 1. The number of hydrogen-bond donors (Lipinski definition) is 6. The van der Waals surface area contributed by atoms with E-state index in [0.29, 0.717) is 84.2 Å². The largest absolute Gasteiger partial charge is 0.480 e. The molecule has 2 saturated heterocycles. The Bertz CT molecular complexity index is 2200. The average molecular weight is 1080 g/mol. The maximum Gasteiger partial charge on any atom is 0.320 e. The number of likely N-dealkylation sites (N-methyl/N-ethyl adjacent to an activating group) is 2. The van der Waals surface area contributed by atoms with E-state index in [1.165, 1.54) is 12.2 Å². The van der Waals surface area contributed by atoms with Crippen molar-refractivity contribution < 1.29 is 53.0 Å². The third-order valence-corrected chi connectivity index (χ3v) is 15.8. The van der Waals surface area contributed by atoms with Gasteiger partial charge < -0.3 is 51.0 Å². The van der Waals surface area contributed by atoms with Crippen LogP contribution in [0, 0.1) is 23.7 Å². The average Bonchev–Trinajstić information content (AvgIpc) is 4.08. The summed E-state index contributed by atoms with van der Waals surface area (Å²) in [7, 11) is 6.71. The number of carboxylic acid groups (broad SMARTS) is 1. The highest BCUT2D eigenvalue weighted by Crippen LogP contribution is 2.30. The Balaban J connectivity index is 1.39. The number of fused-ring (bicyclic) bond motifs is 1. The molecule has 0 bridgehead atoms. The minimum atomic E-state index is -1.03. The van der Waals surface area contributed by atoms with E-state index in [1.54, 1.807) is 30.9 Å². The van der Waals surface area contributed by atoms with E-state index in [1.807, 2.05) is 84.0 Å². The molecule has 20 heteroatoms. The number of carbonyl (C=O) groups excluding carboxylic acids is 6. The number of nitrogens with one attached hydrogen (secondary N) is 4. The molecule has 77 heavy (non-hydrogen) atoms. The molecule has 2 aromatic rings. The summed E-state index contributed by atoms with van der Waals surface area (Å²) in [6.07, 6.45) is 8.52. The first-order valence-electron chi connectivity index (χ1n) is 28.3. The molecular weight excluding hydrogens is 987 g/mol. The molecule has 0 saturated carbocycles. The second-order valence-electron chi connectivity index (χ2n) is 22.2. The van der Waals surface area contributed by atoms with Crippen LogP contribution in [-0.2, 0) is 54.3 Å². The summed E-state index contributed by atoms with van der Waals surface area (Å²) in [5, 5.41) is 20.3. The predicted octanol–water partition coefficient (Wildman–Crippen LogP) is 5.03. The van der Waals surface area contributed by atoms with E-state index in [2.05, 4.69) is 20.9 Å². The van der Waals surface area contributed by atoms with Crippen LogP contribution < -0.4 is 21.7 Å². The Morgan fingerprint density at radius 2 is 1.61 bits per heavy atom. The van der Waals surface area contributed by atoms with Crippen LogP contribution in [-0.4, -0.2) is 181 Å². The van der Waals surface area contributed by atoms with Gasteiger partial charge in [-0.3, -0.25) is 43.3 Å². The summed E-state index contributed by atoms with van der Waals surface area (Å²) in [5.74, 6) is -3.70. The number of benzene rings is 1. The fraction of sp³-hybridized carbons (Fsp3) is 0.737. The number of likely N-dealkylation sites (tertiary alicyclic amines) is 1. The molecule has 3 heterocycles. The Hall–Kier alpha value is -5.15. The number of methoxy groups -OCH3 is 2. The first kappa shape index (κ1) is 64.4. The Morgan fingerprint density at radius 1 is 0.883 bits per heavy atom. The number of nitrogens with zero attached hydrogens (tertiary/aromatic N) is 4. The molecule has 2 aliphatic rings. The number of nitrogens with two attached hydrogens (primary N) is 1. The molecule has 20 nitrogen and oxygen atoms in total. The highest BCUT2D eigenvalue weighted by atomic mass is 16.7. The van der Waals surface area contributed by atoms with Gasteiger partial charge in [0.25, 0.3) is 5.91 Å². The normalized spacial score (nSPS) is 18.6. The zero-order valence-electron chi connectivity index (χ0n) is 48.1. The van der Waals surface area contributed by atoms with Gasteiger partial charge in [0.2, 0.25) is 29.5 Å². The molecule has 4 rings (SSSR count). The Labute approximate surface area is 457 Å². The van der Waals surface area contributed by atoms with E-state index in [9.17, 15) is 33.6 Å². The number of aromatic nitrogens is 1. The molecule has 10 atom stereocenters. The summed E-state index contributed by atoms with van der Waals surface area (Å²) in [4.78, 5) is 110. The van der Waals surface area contributed by atoms with Crippen molar-refractivity contribution in [1.82, 2.24) is 40.7 Å². The summed E-state index contributed by atoms with van der Waals surface area (Å²) < 4.78 is 12.2. The monoisotopic (exact) mass is 1080 g/mol. The molecule has 7 N–H and O–H groups in total. The zero-order valence-corrected chi connectivity index (χ0v) is 48.1. The number of unbranched alkanes of at least 4 members (excludes halogenated alkanes) is 3. The number of para-hydroxylation sites is 1. The predicted molar refractivity (Wildman–Crippen MR) is 296 cm³/mol. The van der Waals surface area contributed by atoms with Gasteiger partial charge in [-0.25, -0.2) is 5.06 Å². The lowest BCUT2D eigenvalue weighted by Gasteiger charge is -2.41. The van der Waals surface area contributed by atoms with Gasteiger partial charge in [0, 0.05) is 70.8 Å². The number of aromatic amines is 1. The highest BCUT2D eigenvalue weighted by Gasteiger charge is 2.44. The van der Waals surface area contributed by atoms with Gasteiger partial charge in [0.1, 0.15) is 18.1 Å². The zero-order chi connectivity index (χ0) is 56.9. The lowest BCUT2D eigenvalue weighted by molar-refractivity contribution is -0.199. The second-order valence-corrected chi connectivity index (χ2v) is 22.2. The van der Waals surface area contributed by atoms with Crippen molar-refractivity contribution in [3.05, 3.63) is 36.0 Å². The van der Waals surface area contributed by atoms with Crippen LogP contribution in [0.4, 0.5) is 0 Å². The van der Waals surface area contributed by atoms with E-state index < -0.39 is 60.3 Å². The van der Waals surface area contributed by atoms with Crippen LogP contribution in [0.15, 0.2) is 30.5 Å². The summed E-state index contributed by atoms with van der Waals surface area (Å²) >= 11 is 0. The third kappa shape index (κ3) is 18.5. The summed E-state index contributed by atoms with van der Waals surface area (Å²) in [6.45, 7) is 16.0. The molecule has 1 aromatic carbocycles. The first-order valence-corrected chi connectivity index (χ1v) is 28.3. The van der Waals surface area contributed by atoms with Crippen molar-refractivity contribution in [1.29, 1.82) is 0 Å². The molecule has 0 radical (unpaired) electrons.